The minimum Gasteiger partial charge on any atom is -0.373 e. The molecule has 2 unspecified atom stereocenters. The van der Waals surface area contributed by atoms with E-state index in [4.69, 9.17) is 9.88 Å². The first kappa shape index (κ1) is 25.0. The van der Waals surface area contributed by atoms with Gasteiger partial charge in [0, 0.05) is 57.9 Å². The number of nitrogens with two attached hydrogens (primary N) is 1. The molecule has 0 saturated carbocycles. The van der Waals surface area contributed by atoms with E-state index in [2.05, 4.69) is 10.2 Å². The molecular weight excluding hydrogens is 458 g/mol. The fraction of sp³-hybridized carbons (Fsp3) is 0.632. The van der Waals surface area contributed by atoms with Crippen molar-refractivity contribution in [3.8, 4) is 0 Å². The third kappa shape index (κ3) is 6.47. The van der Waals surface area contributed by atoms with E-state index in [9.17, 15) is 21.6 Å². The number of carbonyl (C=O) groups excluding carboxylic acids is 1. The first-order valence-electron chi connectivity index (χ1n) is 10.5. The van der Waals surface area contributed by atoms with Gasteiger partial charge in [-0.1, -0.05) is 0 Å². The molecule has 2 aliphatic heterocycles. The van der Waals surface area contributed by atoms with Gasteiger partial charge in [0.15, 0.2) is 0 Å². The second-order valence-corrected chi connectivity index (χ2v) is 11.7. The molecule has 0 spiro atoms. The number of carbonyl (C=O) groups is 1. The number of amides is 1. The van der Waals surface area contributed by atoms with Crippen molar-refractivity contribution in [3.05, 3.63) is 24.3 Å². The van der Waals surface area contributed by atoms with Crippen LogP contribution in [0.25, 0.3) is 0 Å². The molecule has 2 aliphatic rings. The molecule has 13 heteroatoms. The summed E-state index contributed by atoms with van der Waals surface area (Å²) in [5.74, 6) is -0.209. The largest absolute Gasteiger partial charge is 0.373 e. The predicted octanol–water partition coefficient (Wildman–Crippen LogP) is -0.366. The average Bonchev–Trinajstić information content (AvgIpc) is 2.71. The quantitative estimate of drug-likeness (QED) is 0.532. The molecule has 1 amide bonds. The van der Waals surface area contributed by atoms with Crippen LogP contribution < -0.4 is 10.5 Å². The Balaban J connectivity index is 1.44. The highest BCUT2D eigenvalue weighted by atomic mass is 32.2. The maximum atomic E-state index is 13.0. The fourth-order valence-corrected chi connectivity index (χ4v) is 6.14. The van der Waals surface area contributed by atoms with Crippen LogP contribution in [0.5, 0.6) is 0 Å². The van der Waals surface area contributed by atoms with Crippen LogP contribution in [0, 0.1) is 0 Å². The van der Waals surface area contributed by atoms with E-state index in [1.807, 2.05) is 13.8 Å². The topological polar surface area (TPSA) is 142 Å². The molecule has 0 bridgehead atoms. The number of sulfonamides is 1. The molecule has 3 rings (SSSR count). The summed E-state index contributed by atoms with van der Waals surface area (Å²) in [7, 11) is -7.31. The van der Waals surface area contributed by atoms with E-state index in [1.54, 1.807) is 0 Å². The average molecular weight is 490 g/mol. The van der Waals surface area contributed by atoms with Crippen LogP contribution in [0.3, 0.4) is 0 Å². The number of rotatable bonds is 7. The van der Waals surface area contributed by atoms with Crippen LogP contribution in [-0.4, -0.2) is 94.3 Å². The number of primary sulfonamides is 1. The minimum atomic E-state index is -3.78. The van der Waals surface area contributed by atoms with Crippen LogP contribution >= 0.6 is 0 Å². The van der Waals surface area contributed by atoms with E-state index >= 15 is 0 Å². The summed E-state index contributed by atoms with van der Waals surface area (Å²) in [6.07, 6.45) is -0.0317. The van der Waals surface area contributed by atoms with Gasteiger partial charge in [0.25, 0.3) is 10.2 Å². The highest BCUT2D eigenvalue weighted by Gasteiger charge is 2.36. The van der Waals surface area contributed by atoms with Gasteiger partial charge in [0.05, 0.1) is 17.1 Å². The zero-order valence-corrected chi connectivity index (χ0v) is 19.9. The third-order valence-corrected chi connectivity index (χ3v) is 8.39. The van der Waals surface area contributed by atoms with Crippen molar-refractivity contribution < 1.29 is 26.4 Å². The maximum Gasteiger partial charge on any atom is 0.282 e. The molecular formula is C19H31N5O6S2. The van der Waals surface area contributed by atoms with Crippen LogP contribution in [0.2, 0.25) is 0 Å². The van der Waals surface area contributed by atoms with Crippen molar-refractivity contribution in [2.45, 2.75) is 37.4 Å². The van der Waals surface area contributed by atoms with Crippen LogP contribution in [0.15, 0.2) is 29.2 Å². The number of benzene rings is 1. The summed E-state index contributed by atoms with van der Waals surface area (Å²) in [6.45, 7) is 6.79. The molecule has 2 heterocycles. The van der Waals surface area contributed by atoms with Crippen LogP contribution in [0.4, 0.5) is 5.69 Å². The van der Waals surface area contributed by atoms with Gasteiger partial charge in [0.1, 0.15) is 0 Å². The minimum absolute atomic E-state index is 0.0238. The summed E-state index contributed by atoms with van der Waals surface area (Å²) >= 11 is 0. The highest BCUT2D eigenvalue weighted by molar-refractivity contribution is 7.89. The van der Waals surface area contributed by atoms with Crippen molar-refractivity contribution >= 4 is 31.8 Å². The number of ether oxygens (including phenoxy) is 1. The Hall–Kier alpha value is -1.61. The number of piperazine rings is 1. The van der Waals surface area contributed by atoms with Gasteiger partial charge < -0.3 is 15.0 Å². The number of nitrogens with zero attached hydrogens (tertiary/aromatic N) is 3. The zero-order chi connectivity index (χ0) is 23.5. The molecule has 2 saturated heterocycles. The number of nitrogens with one attached hydrogen (secondary N) is 1. The molecule has 0 radical (unpaired) electrons. The van der Waals surface area contributed by atoms with Gasteiger partial charge >= 0.3 is 0 Å². The van der Waals surface area contributed by atoms with Gasteiger partial charge in [-0.15, -0.1) is 0 Å². The van der Waals surface area contributed by atoms with E-state index < -0.39 is 20.2 Å². The molecule has 32 heavy (non-hydrogen) atoms. The van der Waals surface area contributed by atoms with Crippen molar-refractivity contribution in [2.24, 2.45) is 5.14 Å². The van der Waals surface area contributed by atoms with Crippen molar-refractivity contribution in [1.29, 1.82) is 0 Å². The maximum absolute atomic E-state index is 13.0. The van der Waals surface area contributed by atoms with E-state index in [1.165, 1.54) is 32.9 Å². The second kappa shape index (κ2) is 10.1. The summed E-state index contributed by atoms with van der Waals surface area (Å²) in [4.78, 5) is 14.3. The third-order valence-electron chi connectivity index (χ3n) is 5.49. The van der Waals surface area contributed by atoms with Gasteiger partial charge in [0.2, 0.25) is 15.9 Å². The molecule has 2 fully saturated rings. The molecule has 1 aromatic carbocycles. The van der Waals surface area contributed by atoms with Gasteiger partial charge in [-0.05, 0) is 38.1 Å². The van der Waals surface area contributed by atoms with E-state index in [0.717, 1.165) is 0 Å². The van der Waals surface area contributed by atoms with E-state index in [-0.39, 0.29) is 29.4 Å². The number of morpholine rings is 1. The summed E-state index contributed by atoms with van der Waals surface area (Å²) in [5, 5.41) is 7.78. The first-order chi connectivity index (χ1) is 14.9. The standard InChI is InChI=1S/C19H31N5O6S2/c1-15-13-24(14-16(2)30-15)32(28,29)23-11-9-22(10-12-23)8-7-19(25)21-17-3-5-18(6-4-17)31(20,26)27/h3-6,15-16H,7-14H2,1-2H3,(H,21,25)(H2,20,26,27). The lowest BCUT2D eigenvalue weighted by Crippen LogP contribution is -2.57. The molecule has 0 aliphatic carbocycles. The highest BCUT2D eigenvalue weighted by Crippen LogP contribution is 2.19. The lowest BCUT2D eigenvalue weighted by molar-refractivity contribution is -0.116. The van der Waals surface area contributed by atoms with Crippen LogP contribution in [-0.2, 0) is 29.8 Å². The predicted molar refractivity (Wildman–Crippen MR) is 120 cm³/mol. The summed E-state index contributed by atoms with van der Waals surface area (Å²) in [5.41, 5.74) is 0.479. The van der Waals surface area contributed by atoms with E-state index in [0.29, 0.717) is 51.5 Å². The zero-order valence-electron chi connectivity index (χ0n) is 18.3. The lowest BCUT2D eigenvalue weighted by Gasteiger charge is -2.40. The number of anilines is 1. The smallest absolute Gasteiger partial charge is 0.282 e. The molecule has 11 nitrogen and oxygen atoms in total. The SMILES string of the molecule is CC1CN(S(=O)(=O)N2CCN(CCC(=O)Nc3ccc(S(N)(=O)=O)cc3)CC2)CC(C)O1. The first-order valence-corrected chi connectivity index (χ1v) is 13.5. The monoisotopic (exact) mass is 489 g/mol. The normalized spacial score (nSPS) is 24.3. The van der Waals surface area contributed by atoms with Crippen molar-refractivity contribution in [1.82, 2.24) is 13.5 Å². The van der Waals surface area contributed by atoms with Crippen LogP contribution in [0.1, 0.15) is 20.3 Å². The molecule has 3 N–H and O–H groups in total. The Morgan fingerprint density at radius 2 is 1.56 bits per heavy atom. The Morgan fingerprint density at radius 1 is 1.00 bits per heavy atom. The molecule has 1 aromatic rings. The Kier molecular flexibility index (Phi) is 7.91. The number of hydrogen-bond acceptors (Lipinski definition) is 7. The molecule has 0 aromatic heterocycles. The molecule has 2 atom stereocenters. The Bertz CT molecular complexity index is 997. The van der Waals surface area contributed by atoms with Gasteiger partial charge in [-0.3, -0.25) is 4.79 Å². The number of hydrogen-bond donors (Lipinski definition) is 2. The Morgan fingerprint density at radius 3 is 2.09 bits per heavy atom. The lowest BCUT2D eigenvalue weighted by atomic mass is 10.3. The van der Waals surface area contributed by atoms with Crippen molar-refractivity contribution in [2.75, 3.05) is 51.1 Å². The summed E-state index contributed by atoms with van der Waals surface area (Å²) < 4.78 is 57.1. The molecule has 180 valence electrons. The Labute approximate surface area is 189 Å². The van der Waals surface area contributed by atoms with Crippen molar-refractivity contribution in [3.63, 3.8) is 0 Å². The van der Waals surface area contributed by atoms with Gasteiger partial charge in [-0.2, -0.15) is 17.0 Å². The summed E-state index contributed by atoms with van der Waals surface area (Å²) in [6, 6.07) is 5.63. The second-order valence-electron chi connectivity index (χ2n) is 8.19. The fourth-order valence-electron chi connectivity index (χ4n) is 3.88. The van der Waals surface area contributed by atoms with Gasteiger partial charge in [-0.25, -0.2) is 13.6 Å².